The van der Waals surface area contributed by atoms with E-state index < -0.39 is 17.5 Å². The predicted molar refractivity (Wildman–Crippen MR) is 99.6 cm³/mol. The van der Waals surface area contributed by atoms with Crippen molar-refractivity contribution in [3.63, 3.8) is 0 Å². The van der Waals surface area contributed by atoms with Crippen molar-refractivity contribution in [2.75, 3.05) is 39.3 Å². The number of hydrogen-bond acceptors (Lipinski definition) is 4. The molecule has 0 aromatic heterocycles. The van der Waals surface area contributed by atoms with Crippen molar-refractivity contribution in [2.24, 2.45) is 0 Å². The number of hydrogen-bond donors (Lipinski definition) is 2. The lowest BCUT2D eigenvalue weighted by Gasteiger charge is -2.34. The van der Waals surface area contributed by atoms with Crippen LogP contribution in [0.1, 0.15) is 30.6 Å². The summed E-state index contributed by atoms with van der Waals surface area (Å²) in [6.45, 7) is 6.39. The first-order chi connectivity index (χ1) is 13.3. The Kier molecular flexibility index (Phi) is 7.86. The molecule has 154 valence electrons. The second-order valence-corrected chi connectivity index (χ2v) is 7.01. The molecule has 1 fully saturated rings. The molecule has 9 heteroatoms. The third-order valence-corrected chi connectivity index (χ3v) is 4.34. The molecule has 2 rings (SSSR count). The molecule has 0 saturated carbocycles. The highest BCUT2D eigenvalue weighted by atomic mass is 19.1. The van der Waals surface area contributed by atoms with E-state index in [1.54, 1.807) is 4.90 Å². The molecule has 28 heavy (non-hydrogen) atoms. The Morgan fingerprint density at radius 1 is 1.11 bits per heavy atom. The molecule has 0 radical (unpaired) electrons. The fourth-order valence-electron chi connectivity index (χ4n) is 2.94. The van der Waals surface area contributed by atoms with E-state index in [2.05, 4.69) is 10.6 Å². The molecule has 1 aliphatic heterocycles. The summed E-state index contributed by atoms with van der Waals surface area (Å²) in [5.41, 5.74) is -0.262. The van der Waals surface area contributed by atoms with Gasteiger partial charge in [0.05, 0.1) is 12.1 Å². The van der Waals surface area contributed by atoms with Gasteiger partial charge >= 0.3 is 0 Å². The zero-order valence-corrected chi connectivity index (χ0v) is 16.1. The van der Waals surface area contributed by atoms with Crippen LogP contribution in [0, 0.1) is 11.6 Å². The predicted octanol–water partition coefficient (Wildman–Crippen LogP) is 0.754. The maximum Gasteiger partial charge on any atom is 0.254 e. The lowest BCUT2D eigenvalue weighted by Crippen LogP contribution is -2.51. The van der Waals surface area contributed by atoms with E-state index in [-0.39, 0.29) is 36.4 Å². The normalized spacial score (nSPS) is 14.8. The van der Waals surface area contributed by atoms with Crippen molar-refractivity contribution in [3.05, 3.63) is 35.4 Å². The fraction of sp³-hybridized carbons (Fsp3) is 0.526. The van der Waals surface area contributed by atoms with Gasteiger partial charge in [-0.3, -0.25) is 19.3 Å². The summed E-state index contributed by atoms with van der Waals surface area (Å²) in [5, 5.41) is 5.30. The summed E-state index contributed by atoms with van der Waals surface area (Å²) in [6.07, 6.45) is 0.0857. The number of carbonyl (C=O) groups excluding carboxylic acids is 3. The Balaban J connectivity index is 1.70. The monoisotopic (exact) mass is 396 g/mol. The van der Waals surface area contributed by atoms with Gasteiger partial charge in [-0.25, -0.2) is 8.78 Å². The molecule has 1 aromatic rings. The molecule has 1 aromatic carbocycles. The van der Waals surface area contributed by atoms with E-state index in [0.717, 1.165) is 12.1 Å². The van der Waals surface area contributed by atoms with E-state index >= 15 is 0 Å². The lowest BCUT2D eigenvalue weighted by molar-refractivity contribution is -0.133. The van der Waals surface area contributed by atoms with E-state index in [9.17, 15) is 23.2 Å². The molecular weight excluding hydrogens is 370 g/mol. The summed E-state index contributed by atoms with van der Waals surface area (Å²) in [5.74, 6) is -2.55. The van der Waals surface area contributed by atoms with E-state index in [1.807, 2.05) is 18.7 Å². The van der Waals surface area contributed by atoms with Gasteiger partial charge in [0.15, 0.2) is 0 Å². The van der Waals surface area contributed by atoms with Crippen LogP contribution in [0.5, 0.6) is 0 Å². The Labute approximate surface area is 163 Å². The highest BCUT2D eigenvalue weighted by Crippen LogP contribution is 2.09. The van der Waals surface area contributed by atoms with Crippen molar-refractivity contribution >= 4 is 17.7 Å². The van der Waals surface area contributed by atoms with Gasteiger partial charge in [0.25, 0.3) is 5.91 Å². The van der Waals surface area contributed by atoms with Crippen LogP contribution in [0.25, 0.3) is 0 Å². The molecule has 1 saturated heterocycles. The molecule has 0 spiro atoms. The van der Waals surface area contributed by atoms with Crippen LogP contribution in [0.4, 0.5) is 8.78 Å². The number of halogens is 2. The standard InChI is InChI=1S/C19H26F2N4O3/c1-13(2)23-17(26)12-24-7-9-25(10-8-24)18(27)5-6-22-19(28)15-4-3-14(20)11-16(15)21/h3-4,11,13H,5-10,12H2,1-2H3,(H,22,28)(H,23,26). The molecular formula is C19H26F2N4O3. The van der Waals surface area contributed by atoms with Gasteiger partial charge in [-0.2, -0.15) is 0 Å². The third kappa shape index (κ3) is 6.56. The molecule has 1 aliphatic rings. The average Bonchev–Trinajstić information content (AvgIpc) is 2.61. The highest BCUT2D eigenvalue weighted by Gasteiger charge is 2.22. The highest BCUT2D eigenvalue weighted by molar-refractivity contribution is 5.94. The molecule has 0 unspecified atom stereocenters. The minimum Gasteiger partial charge on any atom is -0.353 e. The fourth-order valence-corrected chi connectivity index (χ4v) is 2.94. The van der Waals surface area contributed by atoms with Crippen molar-refractivity contribution in [1.82, 2.24) is 20.4 Å². The summed E-state index contributed by atoms with van der Waals surface area (Å²) < 4.78 is 26.4. The Morgan fingerprint density at radius 2 is 1.79 bits per heavy atom. The van der Waals surface area contributed by atoms with Gasteiger partial charge < -0.3 is 15.5 Å². The van der Waals surface area contributed by atoms with E-state index in [0.29, 0.717) is 38.8 Å². The molecule has 2 N–H and O–H groups in total. The molecule has 0 atom stereocenters. The van der Waals surface area contributed by atoms with Crippen LogP contribution < -0.4 is 10.6 Å². The smallest absolute Gasteiger partial charge is 0.254 e. The second kappa shape index (κ2) is 10.1. The summed E-state index contributed by atoms with van der Waals surface area (Å²) in [6, 6.07) is 2.80. The van der Waals surface area contributed by atoms with Crippen molar-refractivity contribution in [2.45, 2.75) is 26.3 Å². The number of piperazine rings is 1. The number of nitrogens with zero attached hydrogens (tertiary/aromatic N) is 2. The summed E-state index contributed by atoms with van der Waals surface area (Å²) in [7, 11) is 0. The first-order valence-corrected chi connectivity index (χ1v) is 9.29. The van der Waals surface area contributed by atoms with Gasteiger partial charge in [-0.05, 0) is 26.0 Å². The maximum atomic E-state index is 13.6. The van der Waals surface area contributed by atoms with E-state index in [4.69, 9.17) is 0 Å². The zero-order chi connectivity index (χ0) is 20.7. The minimum absolute atomic E-state index is 0.0366. The number of rotatable bonds is 7. The molecule has 1 heterocycles. The number of nitrogens with one attached hydrogen (secondary N) is 2. The minimum atomic E-state index is -0.943. The van der Waals surface area contributed by atoms with Crippen molar-refractivity contribution in [3.8, 4) is 0 Å². The quantitative estimate of drug-likeness (QED) is 0.713. The first-order valence-electron chi connectivity index (χ1n) is 9.29. The molecule has 0 bridgehead atoms. The second-order valence-electron chi connectivity index (χ2n) is 7.01. The first kappa shape index (κ1) is 21.7. The van der Waals surface area contributed by atoms with Crippen LogP contribution in [0.15, 0.2) is 18.2 Å². The van der Waals surface area contributed by atoms with Crippen LogP contribution in [0.3, 0.4) is 0 Å². The lowest BCUT2D eigenvalue weighted by atomic mass is 10.2. The number of amides is 3. The Hall–Kier alpha value is -2.55. The van der Waals surface area contributed by atoms with Crippen molar-refractivity contribution < 1.29 is 23.2 Å². The van der Waals surface area contributed by atoms with Gasteiger partial charge in [0.1, 0.15) is 11.6 Å². The van der Waals surface area contributed by atoms with Gasteiger partial charge in [0.2, 0.25) is 11.8 Å². The summed E-state index contributed by atoms with van der Waals surface area (Å²) in [4.78, 5) is 39.6. The molecule has 0 aliphatic carbocycles. The summed E-state index contributed by atoms with van der Waals surface area (Å²) >= 11 is 0. The largest absolute Gasteiger partial charge is 0.353 e. The Morgan fingerprint density at radius 3 is 2.39 bits per heavy atom. The molecule has 7 nitrogen and oxygen atoms in total. The molecule has 3 amide bonds. The number of carbonyl (C=O) groups is 3. The average molecular weight is 396 g/mol. The third-order valence-electron chi connectivity index (χ3n) is 4.34. The maximum absolute atomic E-state index is 13.6. The topological polar surface area (TPSA) is 81.8 Å². The van der Waals surface area contributed by atoms with E-state index in [1.165, 1.54) is 0 Å². The van der Waals surface area contributed by atoms with Crippen LogP contribution in [0.2, 0.25) is 0 Å². The van der Waals surface area contributed by atoms with Gasteiger partial charge in [-0.1, -0.05) is 0 Å². The number of benzene rings is 1. The van der Waals surface area contributed by atoms with Crippen molar-refractivity contribution in [1.29, 1.82) is 0 Å². The zero-order valence-electron chi connectivity index (χ0n) is 16.1. The van der Waals surface area contributed by atoms with Crippen LogP contribution >= 0.6 is 0 Å². The van der Waals surface area contributed by atoms with Gasteiger partial charge in [-0.15, -0.1) is 0 Å². The Bertz CT molecular complexity index is 719. The van der Waals surface area contributed by atoms with Crippen LogP contribution in [-0.4, -0.2) is 72.8 Å². The van der Waals surface area contributed by atoms with Crippen LogP contribution in [-0.2, 0) is 9.59 Å². The SMILES string of the molecule is CC(C)NC(=O)CN1CCN(C(=O)CCNC(=O)c2ccc(F)cc2F)CC1. The van der Waals surface area contributed by atoms with Gasteiger partial charge in [0, 0.05) is 51.3 Å².